The quantitative estimate of drug-likeness (QED) is 0.582. The first-order chi connectivity index (χ1) is 15.6. The van der Waals surface area contributed by atoms with E-state index in [-0.39, 0.29) is 6.61 Å². The second kappa shape index (κ2) is 10.2. The topological polar surface area (TPSA) is 75.1 Å². The minimum atomic E-state index is -0.989. The van der Waals surface area contributed by atoms with Crippen molar-refractivity contribution in [3.8, 4) is 22.6 Å². The molecule has 1 saturated heterocycles. The maximum atomic E-state index is 10.9. The lowest BCUT2D eigenvalue weighted by Crippen LogP contribution is -2.46. The van der Waals surface area contributed by atoms with Gasteiger partial charge in [-0.15, -0.1) is 0 Å². The van der Waals surface area contributed by atoms with E-state index >= 15 is 0 Å². The van der Waals surface area contributed by atoms with Crippen LogP contribution in [0, 0.1) is 0 Å². The summed E-state index contributed by atoms with van der Waals surface area (Å²) in [5.74, 6) is 1.39. The molecule has 1 N–H and O–H groups in total. The Hall–Kier alpha value is -3.58. The molecule has 166 valence electrons. The average Bonchev–Trinajstić information content (AvgIpc) is 2.84. The number of anilines is 1. The van der Waals surface area contributed by atoms with Crippen molar-refractivity contribution in [2.24, 2.45) is 0 Å². The van der Waals surface area contributed by atoms with Crippen molar-refractivity contribution >= 4 is 11.8 Å². The van der Waals surface area contributed by atoms with Gasteiger partial charge >= 0.3 is 5.97 Å². The summed E-state index contributed by atoms with van der Waals surface area (Å²) in [5, 5.41) is 8.95. The number of carboxylic acids is 1. The molecular weight excluding hydrogens is 406 g/mol. The summed E-state index contributed by atoms with van der Waals surface area (Å²) < 4.78 is 10.7. The van der Waals surface area contributed by atoms with Crippen LogP contribution in [0.1, 0.15) is 5.56 Å². The summed E-state index contributed by atoms with van der Waals surface area (Å²) in [7, 11) is 1.65. The van der Waals surface area contributed by atoms with Crippen LogP contribution in [0.3, 0.4) is 0 Å². The average molecular weight is 434 g/mol. The van der Waals surface area contributed by atoms with Crippen LogP contribution >= 0.6 is 0 Å². The molecule has 0 amide bonds. The number of nitrogens with zero attached hydrogens (tertiary/aromatic N) is 3. The predicted octanol–water partition coefficient (Wildman–Crippen LogP) is 3.54. The van der Waals surface area contributed by atoms with Crippen LogP contribution in [-0.2, 0) is 11.3 Å². The molecule has 2 aromatic carbocycles. The second-order valence-corrected chi connectivity index (χ2v) is 7.68. The normalized spacial score (nSPS) is 14.2. The number of hydrogen-bond donors (Lipinski definition) is 1. The van der Waals surface area contributed by atoms with Gasteiger partial charge in [0.2, 0.25) is 0 Å². The van der Waals surface area contributed by atoms with Gasteiger partial charge in [-0.2, -0.15) is 0 Å². The van der Waals surface area contributed by atoms with Gasteiger partial charge in [0, 0.05) is 38.9 Å². The van der Waals surface area contributed by atoms with Gasteiger partial charge < -0.3 is 19.5 Å². The van der Waals surface area contributed by atoms with Crippen LogP contribution in [0.4, 0.5) is 5.82 Å². The number of rotatable bonds is 8. The molecule has 1 fully saturated rings. The van der Waals surface area contributed by atoms with Crippen LogP contribution in [0.25, 0.3) is 11.1 Å². The number of aromatic nitrogens is 1. The number of pyridine rings is 1. The fourth-order valence-corrected chi connectivity index (χ4v) is 3.90. The maximum Gasteiger partial charge on any atom is 0.341 e. The summed E-state index contributed by atoms with van der Waals surface area (Å²) in [4.78, 5) is 20.1. The minimum absolute atomic E-state index is 0.357. The third kappa shape index (κ3) is 5.36. The first-order valence-corrected chi connectivity index (χ1v) is 10.6. The number of carbonyl (C=O) groups is 1. The zero-order chi connectivity index (χ0) is 22.3. The Morgan fingerprint density at radius 2 is 1.75 bits per heavy atom. The van der Waals surface area contributed by atoms with E-state index in [0.29, 0.717) is 5.75 Å². The molecule has 0 atom stereocenters. The predicted molar refractivity (Wildman–Crippen MR) is 123 cm³/mol. The second-order valence-electron chi connectivity index (χ2n) is 7.68. The smallest absolute Gasteiger partial charge is 0.341 e. The van der Waals surface area contributed by atoms with E-state index < -0.39 is 5.97 Å². The molecule has 0 spiro atoms. The lowest BCUT2D eigenvalue weighted by Gasteiger charge is -2.35. The first kappa shape index (κ1) is 21.6. The van der Waals surface area contributed by atoms with Gasteiger partial charge in [0.15, 0.2) is 6.61 Å². The summed E-state index contributed by atoms with van der Waals surface area (Å²) >= 11 is 0. The lowest BCUT2D eigenvalue weighted by atomic mass is 9.98. The molecule has 32 heavy (non-hydrogen) atoms. The molecular formula is C25H27N3O4. The Balaban J connectivity index is 1.52. The van der Waals surface area contributed by atoms with E-state index in [1.165, 1.54) is 0 Å². The number of aliphatic carboxylic acids is 1. The van der Waals surface area contributed by atoms with E-state index in [1.807, 2.05) is 66.9 Å². The number of piperazine rings is 1. The van der Waals surface area contributed by atoms with E-state index in [0.717, 1.165) is 61.0 Å². The molecule has 0 bridgehead atoms. The Labute approximate surface area is 187 Å². The fraction of sp³-hybridized carbons (Fsp3) is 0.280. The Bertz CT molecular complexity index is 1030. The summed E-state index contributed by atoms with van der Waals surface area (Å²) in [6.45, 7) is 4.04. The van der Waals surface area contributed by atoms with Crippen molar-refractivity contribution in [3.05, 3.63) is 72.4 Å². The van der Waals surface area contributed by atoms with Crippen LogP contribution in [-0.4, -0.2) is 60.9 Å². The molecule has 1 aromatic heterocycles. The van der Waals surface area contributed by atoms with Crippen molar-refractivity contribution in [1.29, 1.82) is 0 Å². The van der Waals surface area contributed by atoms with Crippen LogP contribution in [0.2, 0.25) is 0 Å². The summed E-state index contributed by atoms with van der Waals surface area (Å²) in [6, 6.07) is 19.7. The first-order valence-electron chi connectivity index (χ1n) is 10.6. The lowest BCUT2D eigenvalue weighted by molar-refractivity contribution is -0.139. The molecule has 4 rings (SSSR count). The highest BCUT2D eigenvalue weighted by Crippen LogP contribution is 2.30. The summed E-state index contributed by atoms with van der Waals surface area (Å²) in [5.41, 5.74) is 3.28. The molecule has 2 heterocycles. The van der Waals surface area contributed by atoms with E-state index in [4.69, 9.17) is 14.6 Å². The highest BCUT2D eigenvalue weighted by atomic mass is 16.5. The van der Waals surface area contributed by atoms with Gasteiger partial charge in [0.1, 0.15) is 17.3 Å². The standard InChI is InChI=1S/C25H27N3O4/c1-31-21-7-5-19(6-8-21)23-10-9-22(32-18-25(29)30)16-20(23)17-27-12-14-28(15-13-27)24-4-2-3-11-26-24/h2-11,16H,12-15,17-18H2,1H3,(H,29,30). The van der Waals surface area contributed by atoms with Crippen molar-refractivity contribution in [2.75, 3.05) is 44.8 Å². The SMILES string of the molecule is COc1ccc(-c2ccc(OCC(=O)O)cc2CN2CCN(c3ccccn3)CC2)cc1. The molecule has 3 aromatic rings. The maximum absolute atomic E-state index is 10.9. The third-order valence-corrected chi connectivity index (χ3v) is 5.58. The number of hydrogen-bond acceptors (Lipinski definition) is 6. The Morgan fingerprint density at radius 1 is 1.00 bits per heavy atom. The van der Waals surface area contributed by atoms with E-state index in [2.05, 4.69) is 14.8 Å². The van der Waals surface area contributed by atoms with Gasteiger partial charge in [-0.1, -0.05) is 24.3 Å². The van der Waals surface area contributed by atoms with Gasteiger partial charge in [-0.3, -0.25) is 4.90 Å². The van der Waals surface area contributed by atoms with Crippen LogP contribution in [0.15, 0.2) is 66.9 Å². The zero-order valence-corrected chi connectivity index (χ0v) is 18.1. The number of carboxylic acid groups (broad SMARTS) is 1. The van der Waals surface area contributed by atoms with Gasteiger partial charge in [-0.05, 0) is 53.1 Å². The van der Waals surface area contributed by atoms with Gasteiger partial charge in [-0.25, -0.2) is 9.78 Å². The molecule has 7 heteroatoms. The van der Waals surface area contributed by atoms with Gasteiger partial charge in [0.05, 0.1) is 7.11 Å². The Kier molecular flexibility index (Phi) is 6.87. The van der Waals surface area contributed by atoms with Crippen molar-refractivity contribution in [3.63, 3.8) is 0 Å². The van der Waals surface area contributed by atoms with E-state index in [1.54, 1.807) is 7.11 Å². The van der Waals surface area contributed by atoms with Gasteiger partial charge in [0.25, 0.3) is 0 Å². The largest absolute Gasteiger partial charge is 0.497 e. The fourth-order valence-electron chi connectivity index (χ4n) is 3.90. The van der Waals surface area contributed by atoms with Crippen LogP contribution in [0.5, 0.6) is 11.5 Å². The van der Waals surface area contributed by atoms with Crippen LogP contribution < -0.4 is 14.4 Å². The van der Waals surface area contributed by atoms with Crippen molar-refractivity contribution < 1.29 is 19.4 Å². The third-order valence-electron chi connectivity index (χ3n) is 5.58. The minimum Gasteiger partial charge on any atom is -0.497 e. The monoisotopic (exact) mass is 433 g/mol. The number of methoxy groups -OCH3 is 1. The van der Waals surface area contributed by atoms with Crippen molar-refractivity contribution in [2.45, 2.75) is 6.54 Å². The molecule has 0 radical (unpaired) electrons. The molecule has 1 aliphatic heterocycles. The Morgan fingerprint density at radius 3 is 2.41 bits per heavy atom. The highest BCUT2D eigenvalue weighted by molar-refractivity contribution is 5.70. The summed E-state index contributed by atoms with van der Waals surface area (Å²) in [6.07, 6.45) is 1.82. The highest BCUT2D eigenvalue weighted by Gasteiger charge is 2.19. The number of benzene rings is 2. The molecule has 7 nitrogen and oxygen atoms in total. The number of ether oxygens (including phenoxy) is 2. The van der Waals surface area contributed by atoms with E-state index in [9.17, 15) is 4.79 Å². The molecule has 1 aliphatic rings. The molecule has 0 unspecified atom stereocenters. The molecule has 0 saturated carbocycles. The zero-order valence-electron chi connectivity index (χ0n) is 18.1. The van der Waals surface area contributed by atoms with Crippen molar-refractivity contribution in [1.82, 2.24) is 9.88 Å². The molecule has 0 aliphatic carbocycles.